The van der Waals surface area contributed by atoms with Crippen LogP contribution >= 0.6 is 11.3 Å². The SMILES string of the molecule is CCC(O)CN(Cc1nc2sc(C)c(C)c2c(=O)[nH]1)Cc1ccco1. The summed E-state index contributed by atoms with van der Waals surface area (Å²) in [6.45, 7) is 7.38. The van der Waals surface area contributed by atoms with Gasteiger partial charge in [-0.25, -0.2) is 4.98 Å². The maximum absolute atomic E-state index is 12.4. The summed E-state index contributed by atoms with van der Waals surface area (Å²) >= 11 is 1.54. The molecule has 6 nitrogen and oxygen atoms in total. The van der Waals surface area contributed by atoms with Gasteiger partial charge in [0.15, 0.2) is 0 Å². The lowest BCUT2D eigenvalue weighted by Crippen LogP contribution is -2.32. The predicted molar refractivity (Wildman–Crippen MR) is 98.8 cm³/mol. The lowest BCUT2D eigenvalue weighted by atomic mass is 10.2. The van der Waals surface area contributed by atoms with Crippen LogP contribution in [-0.4, -0.2) is 32.6 Å². The Morgan fingerprint density at radius 2 is 2.20 bits per heavy atom. The quantitative estimate of drug-likeness (QED) is 0.676. The zero-order valence-corrected chi connectivity index (χ0v) is 15.5. The molecule has 0 aliphatic rings. The van der Waals surface area contributed by atoms with Gasteiger partial charge in [0.2, 0.25) is 0 Å². The number of nitrogens with one attached hydrogen (secondary N) is 1. The second-order valence-electron chi connectivity index (χ2n) is 6.29. The van der Waals surface area contributed by atoms with Crippen LogP contribution in [0.25, 0.3) is 10.2 Å². The molecule has 134 valence electrons. The standard InChI is InChI=1S/C18H23N3O3S/c1-4-13(22)8-21(9-14-6-5-7-24-14)10-15-19-17(23)16-11(2)12(3)25-18(16)20-15/h5-7,13,22H,4,8-10H2,1-3H3,(H,19,20,23). The van der Waals surface area contributed by atoms with E-state index >= 15 is 0 Å². The van der Waals surface area contributed by atoms with Gasteiger partial charge >= 0.3 is 0 Å². The zero-order valence-electron chi connectivity index (χ0n) is 14.7. The summed E-state index contributed by atoms with van der Waals surface area (Å²) in [5, 5.41) is 10.7. The average Bonchev–Trinajstić information content (AvgIpc) is 3.16. The van der Waals surface area contributed by atoms with Crippen LogP contribution in [0.1, 0.15) is 35.4 Å². The number of aromatic amines is 1. The molecule has 2 N–H and O–H groups in total. The first-order valence-corrected chi connectivity index (χ1v) is 9.21. The van der Waals surface area contributed by atoms with Crippen LogP contribution in [0.4, 0.5) is 0 Å². The van der Waals surface area contributed by atoms with Gasteiger partial charge in [-0.2, -0.15) is 0 Å². The number of rotatable bonds is 7. The van der Waals surface area contributed by atoms with E-state index < -0.39 is 6.10 Å². The molecule has 0 saturated heterocycles. The van der Waals surface area contributed by atoms with Gasteiger partial charge in [-0.1, -0.05) is 6.92 Å². The van der Waals surface area contributed by atoms with Crippen molar-refractivity contribution >= 4 is 21.6 Å². The second-order valence-corrected chi connectivity index (χ2v) is 7.49. The highest BCUT2D eigenvalue weighted by Crippen LogP contribution is 2.25. The largest absolute Gasteiger partial charge is 0.468 e. The molecule has 0 aliphatic heterocycles. The smallest absolute Gasteiger partial charge is 0.259 e. The van der Waals surface area contributed by atoms with E-state index in [1.165, 1.54) is 0 Å². The monoisotopic (exact) mass is 361 g/mol. The number of hydrogen-bond acceptors (Lipinski definition) is 6. The van der Waals surface area contributed by atoms with Gasteiger partial charge in [0.05, 0.1) is 30.8 Å². The van der Waals surface area contributed by atoms with Gasteiger partial charge < -0.3 is 14.5 Å². The van der Waals surface area contributed by atoms with Crippen molar-refractivity contribution in [2.45, 2.75) is 46.4 Å². The van der Waals surface area contributed by atoms with Crippen molar-refractivity contribution in [2.24, 2.45) is 0 Å². The Bertz CT molecular complexity index is 898. The van der Waals surface area contributed by atoms with Crippen molar-refractivity contribution in [1.82, 2.24) is 14.9 Å². The van der Waals surface area contributed by atoms with Crippen LogP contribution < -0.4 is 5.56 Å². The molecule has 0 bridgehead atoms. The topological polar surface area (TPSA) is 82.4 Å². The van der Waals surface area contributed by atoms with Crippen molar-refractivity contribution in [2.75, 3.05) is 6.54 Å². The molecule has 3 aromatic heterocycles. The van der Waals surface area contributed by atoms with E-state index in [9.17, 15) is 9.90 Å². The number of thiophene rings is 1. The molecule has 1 atom stereocenters. The fourth-order valence-corrected chi connectivity index (χ4v) is 3.87. The Labute approximate surface area is 150 Å². The number of hydrogen-bond donors (Lipinski definition) is 2. The van der Waals surface area contributed by atoms with E-state index in [0.717, 1.165) is 21.0 Å². The van der Waals surface area contributed by atoms with Gasteiger partial charge in [-0.15, -0.1) is 11.3 Å². The van der Waals surface area contributed by atoms with Crippen LogP contribution in [0.15, 0.2) is 27.6 Å². The van der Waals surface area contributed by atoms with Crippen molar-refractivity contribution < 1.29 is 9.52 Å². The summed E-state index contributed by atoms with van der Waals surface area (Å²) in [6.07, 6.45) is 1.87. The lowest BCUT2D eigenvalue weighted by Gasteiger charge is -2.23. The molecule has 3 heterocycles. The van der Waals surface area contributed by atoms with E-state index in [2.05, 4.69) is 9.97 Å². The minimum atomic E-state index is -0.434. The third-order valence-corrected chi connectivity index (χ3v) is 5.46. The maximum Gasteiger partial charge on any atom is 0.259 e. The van der Waals surface area contributed by atoms with E-state index in [1.54, 1.807) is 17.6 Å². The molecule has 0 saturated carbocycles. The number of aliphatic hydroxyl groups is 1. The van der Waals surface area contributed by atoms with Crippen molar-refractivity contribution in [3.63, 3.8) is 0 Å². The Morgan fingerprint density at radius 1 is 1.40 bits per heavy atom. The van der Waals surface area contributed by atoms with Gasteiger partial charge in [0.1, 0.15) is 16.4 Å². The molecular formula is C18H23N3O3S. The van der Waals surface area contributed by atoms with Crippen LogP contribution in [0, 0.1) is 13.8 Å². The molecular weight excluding hydrogens is 338 g/mol. The Morgan fingerprint density at radius 3 is 2.88 bits per heavy atom. The maximum atomic E-state index is 12.4. The highest BCUT2D eigenvalue weighted by molar-refractivity contribution is 7.18. The van der Waals surface area contributed by atoms with Gasteiger partial charge in [-0.3, -0.25) is 9.69 Å². The number of aromatic nitrogens is 2. The lowest BCUT2D eigenvalue weighted by molar-refractivity contribution is 0.0959. The molecule has 3 rings (SSSR count). The molecule has 0 radical (unpaired) electrons. The Hall–Kier alpha value is -1.96. The third kappa shape index (κ3) is 4.00. The molecule has 1 unspecified atom stereocenters. The first-order valence-electron chi connectivity index (χ1n) is 8.39. The van der Waals surface area contributed by atoms with Crippen LogP contribution in [0.5, 0.6) is 0 Å². The number of aryl methyl sites for hydroxylation is 2. The number of H-pyrrole nitrogens is 1. The minimum Gasteiger partial charge on any atom is -0.468 e. The summed E-state index contributed by atoms with van der Waals surface area (Å²) in [4.78, 5) is 23.9. The summed E-state index contributed by atoms with van der Waals surface area (Å²) in [7, 11) is 0. The molecule has 7 heteroatoms. The number of nitrogens with zero attached hydrogens (tertiary/aromatic N) is 2. The summed E-state index contributed by atoms with van der Waals surface area (Å²) < 4.78 is 5.42. The van der Waals surface area contributed by atoms with E-state index in [-0.39, 0.29) is 5.56 Å². The first kappa shape index (κ1) is 17.8. The average molecular weight is 361 g/mol. The number of aliphatic hydroxyl groups excluding tert-OH is 1. The molecule has 0 spiro atoms. The fourth-order valence-electron chi connectivity index (χ4n) is 2.82. The molecule has 0 aromatic carbocycles. The van der Waals surface area contributed by atoms with Crippen molar-refractivity contribution in [3.05, 3.63) is 50.8 Å². The van der Waals surface area contributed by atoms with Crippen LogP contribution in [-0.2, 0) is 13.1 Å². The molecule has 0 amide bonds. The van der Waals surface area contributed by atoms with Crippen molar-refractivity contribution in [1.29, 1.82) is 0 Å². The van der Waals surface area contributed by atoms with Gasteiger partial charge in [0.25, 0.3) is 5.56 Å². The number of furan rings is 1. The summed E-state index contributed by atoms with van der Waals surface area (Å²) in [6, 6.07) is 3.74. The molecule has 25 heavy (non-hydrogen) atoms. The summed E-state index contributed by atoms with van der Waals surface area (Å²) in [5.41, 5.74) is 0.894. The predicted octanol–water partition coefficient (Wildman–Crippen LogP) is 2.97. The Balaban J connectivity index is 1.87. The van der Waals surface area contributed by atoms with E-state index in [4.69, 9.17) is 4.42 Å². The molecule has 0 aliphatic carbocycles. The highest BCUT2D eigenvalue weighted by Gasteiger charge is 2.17. The van der Waals surface area contributed by atoms with Gasteiger partial charge in [0, 0.05) is 11.4 Å². The third-order valence-electron chi connectivity index (χ3n) is 4.36. The van der Waals surface area contributed by atoms with Crippen LogP contribution in [0.2, 0.25) is 0 Å². The Kier molecular flexibility index (Phi) is 5.36. The molecule has 0 fully saturated rings. The van der Waals surface area contributed by atoms with Crippen LogP contribution in [0.3, 0.4) is 0 Å². The minimum absolute atomic E-state index is 0.101. The highest BCUT2D eigenvalue weighted by atomic mass is 32.1. The van der Waals surface area contributed by atoms with Crippen molar-refractivity contribution in [3.8, 4) is 0 Å². The second kappa shape index (κ2) is 7.51. The first-order chi connectivity index (χ1) is 12.0. The fraction of sp³-hybridized carbons (Fsp3) is 0.444. The zero-order chi connectivity index (χ0) is 18.0. The van der Waals surface area contributed by atoms with E-state index in [0.29, 0.717) is 37.3 Å². The van der Waals surface area contributed by atoms with Gasteiger partial charge in [-0.05, 0) is 38.0 Å². The normalized spacial score (nSPS) is 13.0. The van der Waals surface area contributed by atoms with E-state index in [1.807, 2.05) is 37.8 Å². The molecule has 3 aromatic rings. The number of fused-ring (bicyclic) bond motifs is 1. The summed E-state index contributed by atoms with van der Waals surface area (Å²) in [5.74, 6) is 1.42.